The number of rotatable bonds is 3. The Bertz CT molecular complexity index is 590. The smallest absolute Gasteiger partial charge is 0.339 e. The Hall–Kier alpha value is -1.86. The van der Waals surface area contributed by atoms with Crippen LogP contribution in [0.2, 0.25) is 0 Å². The van der Waals surface area contributed by atoms with E-state index in [1.54, 1.807) is 17.3 Å². The third-order valence-corrected chi connectivity index (χ3v) is 4.86. The van der Waals surface area contributed by atoms with Gasteiger partial charge in [-0.25, -0.2) is 9.97 Å². The van der Waals surface area contributed by atoms with Gasteiger partial charge in [-0.1, -0.05) is 0 Å². The highest BCUT2D eigenvalue weighted by atomic mass is 19.4. The lowest BCUT2D eigenvalue weighted by Gasteiger charge is -2.38. The fraction of sp³-hybridized carbons (Fsp3) is 0.688. The summed E-state index contributed by atoms with van der Waals surface area (Å²) in [6.45, 7) is 3.86. The van der Waals surface area contributed by atoms with Crippen LogP contribution in [0, 0.1) is 12.8 Å². The lowest BCUT2D eigenvalue weighted by molar-refractivity contribution is -0.149. The number of aromatic nitrogens is 2. The molecule has 1 aromatic rings. The van der Waals surface area contributed by atoms with Crippen LogP contribution in [0.1, 0.15) is 31.2 Å². The third kappa shape index (κ3) is 3.79. The number of fused-ring (bicyclic) bond motifs is 1. The molecule has 0 radical (unpaired) electrons. The van der Waals surface area contributed by atoms with Crippen molar-refractivity contribution >= 4 is 11.9 Å². The van der Waals surface area contributed by atoms with Gasteiger partial charge in [0.05, 0.1) is 12.5 Å². The number of piperidine rings is 1. The lowest BCUT2D eigenvalue weighted by Crippen LogP contribution is -2.50. The molecule has 0 N–H and O–H groups in total. The number of carbonyl (C=O) groups excluding carboxylic acids is 1. The summed E-state index contributed by atoms with van der Waals surface area (Å²) in [6, 6.07) is -0.0376. The number of hydrogen-bond acceptors (Lipinski definition) is 4. The predicted molar refractivity (Wildman–Crippen MR) is 82.5 cm³/mol. The molecule has 3 heterocycles. The minimum Gasteiger partial charge on any atom is -0.339 e. The number of hydrogen-bond donors (Lipinski definition) is 0. The van der Waals surface area contributed by atoms with Gasteiger partial charge in [-0.05, 0) is 31.2 Å². The van der Waals surface area contributed by atoms with Gasteiger partial charge < -0.3 is 9.80 Å². The largest absolute Gasteiger partial charge is 0.389 e. The lowest BCUT2D eigenvalue weighted by atomic mass is 9.92. The van der Waals surface area contributed by atoms with Crippen LogP contribution in [0.3, 0.4) is 0 Å². The fourth-order valence-electron chi connectivity index (χ4n) is 3.57. The molecule has 24 heavy (non-hydrogen) atoms. The molecule has 8 heteroatoms. The summed E-state index contributed by atoms with van der Waals surface area (Å²) >= 11 is 0. The first-order valence-electron chi connectivity index (χ1n) is 8.23. The van der Waals surface area contributed by atoms with E-state index in [4.69, 9.17) is 0 Å². The van der Waals surface area contributed by atoms with E-state index in [2.05, 4.69) is 9.97 Å². The van der Waals surface area contributed by atoms with E-state index in [1.165, 1.54) is 0 Å². The van der Waals surface area contributed by atoms with Crippen molar-refractivity contribution in [2.75, 3.05) is 24.5 Å². The van der Waals surface area contributed by atoms with Crippen molar-refractivity contribution in [2.45, 2.75) is 44.8 Å². The number of nitrogens with zero attached hydrogens (tertiary/aromatic N) is 4. The second-order valence-electron chi connectivity index (χ2n) is 6.61. The van der Waals surface area contributed by atoms with Gasteiger partial charge in [0.1, 0.15) is 0 Å². The molecule has 0 spiro atoms. The van der Waals surface area contributed by atoms with Crippen LogP contribution in [0.4, 0.5) is 19.1 Å². The van der Waals surface area contributed by atoms with E-state index < -0.39 is 24.9 Å². The van der Waals surface area contributed by atoms with Crippen molar-refractivity contribution in [3.05, 3.63) is 18.0 Å². The Balaban J connectivity index is 1.65. The Kier molecular flexibility index (Phi) is 4.64. The van der Waals surface area contributed by atoms with E-state index in [1.807, 2.05) is 11.8 Å². The number of carbonyl (C=O) groups is 1. The summed E-state index contributed by atoms with van der Waals surface area (Å²) < 4.78 is 37.1. The van der Waals surface area contributed by atoms with Crippen LogP contribution in [0.5, 0.6) is 0 Å². The summed E-state index contributed by atoms with van der Waals surface area (Å²) in [4.78, 5) is 24.5. The zero-order chi connectivity index (χ0) is 17.3. The molecule has 2 aliphatic heterocycles. The number of alkyl halides is 3. The summed E-state index contributed by atoms with van der Waals surface area (Å²) in [5.74, 6) is 0.585. The first kappa shape index (κ1) is 17.0. The summed E-state index contributed by atoms with van der Waals surface area (Å²) in [7, 11) is 0. The van der Waals surface area contributed by atoms with Gasteiger partial charge in [-0.15, -0.1) is 0 Å². The SMILES string of the molecule is Cc1cnc(N2CCC3CCN(C(=O)CCC(F)(F)F)C3C2)nc1. The van der Waals surface area contributed by atoms with Crippen molar-refractivity contribution in [3.63, 3.8) is 0 Å². The van der Waals surface area contributed by atoms with E-state index in [9.17, 15) is 18.0 Å². The normalized spacial score (nSPS) is 24.2. The predicted octanol–water partition coefficient (Wildman–Crippen LogP) is 2.55. The molecule has 0 bridgehead atoms. The second kappa shape index (κ2) is 6.57. The topological polar surface area (TPSA) is 49.3 Å². The van der Waals surface area contributed by atoms with Crippen LogP contribution in [-0.2, 0) is 4.79 Å². The molecule has 0 saturated carbocycles. The van der Waals surface area contributed by atoms with E-state index in [0.29, 0.717) is 25.0 Å². The summed E-state index contributed by atoms with van der Waals surface area (Å²) in [6.07, 6.45) is -0.540. The van der Waals surface area contributed by atoms with Gasteiger partial charge in [-0.2, -0.15) is 13.2 Å². The molecule has 1 amide bonds. The molecule has 5 nitrogen and oxygen atoms in total. The van der Waals surface area contributed by atoms with Crippen molar-refractivity contribution in [1.82, 2.24) is 14.9 Å². The number of halogens is 3. The Labute approximate surface area is 138 Å². The second-order valence-corrected chi connectivity index (χ2v) is 6.61. The zero-order valence-electron chi connectivity index (χ0n) is 13.6. The molecule has 0 aliphatic carbocycles. The van der Waals surface area contributed by atoms with Crippen molar-refractivity contribution in [2.24, 2.45) is 5.92 Å². The van der Waals surface area contributed by atoms with E-state index in [0.717, 1.165) is 24.9 Å². The highest BCUT2D eigenvalue weighted by Gasteiger charge is 2.41. The highest BCUT2D eigenvalue weighted by Crippen LogP contribution is 2.34. The van der Waals surface area contributed by atoms with Gasteiger partial charge in [0.25, 0.3) is 0 Å². The third-order valence-electron chi connectivity index (χ3n) is 4.86. The van der Waals surface area contributed by atoms with E-state index >= 15 is 0 Å². The molecule has 2 aliphatic rings. The van der Waals surface area contributed by atoms with Crippen molar-refractivity contribution < 1.29 is 18.0 Å². The maximum Gasteiger partial charge on any atom is 0.389 e. The minimum atomic E-state index is -4.29. The van der Waals surface area contributed by atoms with Crippen LogP contribution in [0.15, 0.2) is 12.4 Å². The van der Waals surface area contributed by atoms with Gasteiger partial charge in [-0.3, -0.25) is 4.79 Å². The minimum absolute atomic E-state index is 0.0376. The van der Waals surface area contributed by atoms with Gasteiger partial charge in [0, 0.05) is 38.4 Å². The molecule has 0 aromatic carbocycles. The monoisotopic (exact) mass is 342 g/mol. The number of anilines is 1. The maximum absolute atomic E-state index is 12.4. The molecule has 132 valence electrons. The van der Waals surface area contributed by atoms with Crippen LogP contribution in [-0.4, -0.2) is 52.6 Å². The molecular formula is C16H21F3N4O. The van der Waals surface area contributed by atoms with Gasteiger partial charge >= 0.3 is 6.18 Å². The van der Waals surface area contributed by atoms with E-state index in [-0.39, 0.29) is 6.04 Å². The molecule has 2 fully saturated rings. The molecule has 2 atom stereocenters. The highest BCUT2D eigenvalue weighted by molar-refractivity contribution is 5.77. The van der Waals surface area contributed by atoms with Gasteiger partial charge in [0.2, 0.25) is 11.9 Å². The Morgan fingerprint density at radius 1 is 1.25 bits per heavy atom. The number of likely N-dealkylation sites (tertiary alicyclic amines) is 1. The average molecular weight is 342 g/mol. The quantitative estimate of drug-likeness (QED) is 0.847. The zero-order valence-corrected chi connectivity index (χ0v) is 13.6. The fourth-order valence-corrected chi connectivity index (χ4v) is 3.57. The number of amides is 1. The molecule has 3 rings (SSSR count). The van der Waals surface area contributed by atoms with Crippen molar-refractivity contribution in [3.8, 4) is 0 Å². The Morgan fingerprint density at radius 2 is 1.92 bits per heavy atom. The molecule has 1 aromatic heterocycles. The Morgan fingerprint density at radius 3 is 2.58 bits per heavy atom. The van der Waals surface area contributed by atoms with Crippen LogP contribution < -0.4 is 4.90 Å². The van der Waals surface area contributed by atoms with Crippen LogP contribution >= 0.6 is 0 Å². The summed E-state index contributed by atoms with van der Waals surface area (Å²) in [5.41, 5.74) is 0.971. The van der Waals surface area contributed by atoms with Gasteiger partial charge in [0.15, 0.2) is 0 Å². The molecule has 2 unspecified atom stereocenters. The maximum atomic E-state index is 12.4. The first-order chi connectivity index (χ1) is 11.3. The molecular weight excluding hydrogens is 321 g/mol. The summed E-state index contributed by atoms with van der Waals surface area (Å²) in [5, 5.41) is 0. The van der Waals surface area contributed by atoms with Crippen molar-refractivity contribution in [1.29, 1.82) is 0 Å². The number of aryl methyl sites for hydroxylation is 1. The first-order valence-corrected chi connectivity index (χ1v) is 8.23. The van der Waals surface area contributed by atoms with Crippen LogP contribution in [0.25, 0.3) is 0 Å². The average Bonchev–Trinajstić information content (AvgIpc) is 2.96. The standard InChI is InChI=1S/C16H21F3N4O/c1-11-8-20-15(21-9-11)22-6-3-12-4-7-23(13(12)10-22)14(24)2-5-16(17,18)19/h8-9,12-13H,2-7,10H2,1H3. The molecule has 2 saturated heterocycles.